The molecule has 0 amide bonds. The van der Waals surface area contributed by atoms with E-state index in [1.807, 2.05) is 13.0 Å². The number of hydrogen-bond donors (Lipinski definition) is 0. The van der Waals surface area contributed by atoms with Gasteiger partial charge >= 0.3 is 0 Å². The lowest BCUT2D eigenvalue weighted by Crippen LogP contribution is -2.04. The second kappa shape index (κ2) is 7.43. The minimum atomic E-state index is -3.14. The number of carbonyl (C=O) groups excluding carboxylic acids is 1. The molecule has 1 aromatic rings. The Bertz CT molecular complexity index is 518. The summed E-state index contributed by atoms with van der Waals surface area (Å²) in [5.74, 6) is 0.408. The number of sulfone groups is 1. The highest BCUT2D eigenvalue weighted by molar-refractivity contribution is 7.91. The van der Waals surface area contributed by atoms with Crippen LogP contribution in [0.15, 0.2) is 29.2 Å². The standard InChI is InChI=1S/C15H22O3S/c1-3-7-14(16)10-5-8-13-9-6-11-15(12-13)19(17,18)4-2/h6,9,11-12H,3-5,7-8,10H2,1-2H3. The molecule has 106 valence electrons. The molecular formula is C15H22O3S. The predicted molar refractivity (Wildman–Crippen MR) is 77.0 cm³/mol. The molecule has 1 aromatic carbocycles. The van der Waals surface area contributed by atoms with Crippen molar-refractivity contribution in [2.75, 3.05) is 5.75 Å². The third kappa shape index (κ3) is 5.15. The average Bonchev–Trinajstić information content (AvgIpc) is 2.39. The molecule has 0 atom stereocenters. The molecule has 4 heteroatoms. The van der Waals surface area contributed by atoms with Crippen molar-refractivity contribution in [3.05, 3.63) is 29.8 Å². The Morgan fingerprint density at radius 1 is 1.16 bits per heavy atom. The Balaban J connectivity index is 2.61. The Morgan fingerprint density at radius 2 is 1.89 bits per heavy atom. The molecule has 0 fully saturated rings. The highest BCUT2D eigenvalue weighted by atomic mass is 32.2. The lowest BCUT2D eigenvalue weighted by atomic mass is 10.0. The maximum absolute atomic E-state index is 11.8. The van der Waals surface area contributed by atoms with Crippen molar-refractivity contribution in [3.63, 3.8) is 0 Å². The molecule has 19 heavy (non-hydrogen) atoms. The van der Waals surface area contributed by atoms with E-state index in [9.17, 15) is 13.2 Å². The molecule has 0 aliphatic heterocycles. The topological polar surface area (TPSA) is 51.2 Å². The van der Waals surface area contributed by atoms with E-state index in [4.69, 9.17) is 0 Å². The van der Waals surface area contributed by atoms with Crippen LogP contribution >= 0.6 is 0 Å². The number of hydrogen-bond acceptors (Lipinski definition) is 3. The van der Waals surface area contributed by atoms with Gasteiger partial charge in [-0.2, -0.15) is 0 Å². The summed E-state index contributed by atoms with van der Waals surface area (Å²) in [5.41, 5.74) is 0.985. The summed E-state index contributed by atoms with van der Waals surface area (Å²) in [6, 6.07) is 7.04. The first-order valence-corrected chi connectivity index (χ1v) is 8.48. The third-order valence-corrected chi connectivity index (χ3v) is 4.82. The Hall–Kier alpha value is -1.16. The van der Waals surface area contributed by atoms with Crippen molar-refractivity contribution in [1.29, 1.82) is 0 Å². The fraction of sp³-hybridized carbons (Fsp3) is 0.533. The van der Waals surface area contributed by atoms with Crippen LogP contribution < -0.4 is 0 Å². The summed E-state index contributed by atoms with van der Waals surface area (Å²) < 4.78 is 23.5. The molecule has 0 saturated heterocycles. The molecule has 0 bridgehead atoms. The third-order valence-electron chi connectivity index (χ3n) is 3.09. The van der Waals surface area contributed by atoms with E-state index in [0.717, 1.165) is 24.8 Å². The van der Waals surface area contributed by atoms with Gasteiger partial charge < -0.3 is 0 Å². The number of aryl methyl sites for hydroxylation is 1. The lowest BCUT2D eigenvalue weighted by molar-refractivity contribution is -0.119. The molecule has 0 saturated carbocycles. The molecule has 0 heterocycles. The lowest BCUT2D eigenvalue weighted by Gasteiger charge is -2.05. The Labute approximate surface area is 116 Å². The van der Waals surface area contributed by atoms with Crippen LogP contribution in [0.3, 0.4) is 0 Å². The molecule has 0 N–H and O–H groups in total. The SMILES string of the molecule is CCCC(=O)CCCc1cccc(S(=O)(=O)CC)c1. The zero-order valence-electron chi connectivity index (χ0n) is 11.7. The van der Waals surface area contributed by atoms with Crippen molar-refractivity contribution in [2.24, 2.45) is 0 Å². The van der Waals surface area contributed by atoms with Crippen molar-refractivity contribution < 1.29 is 13.2 Å². The van der Waals surface area contributed by atoms with E-state index in [2.05, 4.69) is 0 Å². The second-order valence-corrected chi connectivity index (χ2v) is 6.97. The zero-order valence-corrected chi connectivity index (χ0v) is 12.5. The van der Waals surface area contributed by atoms with E-state index in [0.29, 0.717) is 23.5 Å². The Morgan fingerprint density at radius 3 is 2.53 bits per heavy atom. The van der Waals surface area contributed by atoms with Gasteiger partial charge in [-0.1, -0.05) is 26.0 Å². The van der Waals surface area contributed by atoms with Gasteiger partial charge in [-0.05, 0) is 37.0 Å². The summed E-state index contributed by atoms with van der Waals surface area (Å²) in [6.07, 6.45) is 3.66. The van der Waals surface area contributed by atoms with Gasteiger partial charge in [-0.15, -0.1) is 0 Å². The smallest absolute Gasteiger partial charge is 0.178 e. The van der Waals surface area contributed by atoms with Crippen molar-refractivity contribution in [2.45, 2.75) is 50.8 Å². The second-order valence-electron chi connectivity index (χ2n) is 4.69. The first-order chi connectivity index (χ1) is 8.99. The highest BCUT2D eigenvalue weighted by Crippen LogP contribution is 2.15. The summed E-state index contributed by atoms with van der Waals surface area (Å²) in [5, 5.41) is 0. The van der Waals surface area contributed by atoms with Gasteiger partial charge in [0.1, 0.15) is 5.78 Å². The molecule has 0 aliphatic carbocycles. The summed E-state index contributed by atoms with van der Waals surface area (Å²) in [7, 11) is -3.14. The van der Waals surface area contributed by atoms with Crippen LogP contribution in [-0.4, -0.2) is 20.0 Å². The number of ketones is 1. The first-order valence-electron chi connectivity index (χ1n) is 6.83. The first kappa shape index (κ1) is 15.9. The number of rotatable bonds is 8. The van der Waals surface area contributed by atoms with Gasteiger partial charge in [0.2, 0.25) is 0 Å². The van der Waals surface area contributed by atoms with Crippen LogP contribution in [-0.2, 0) is 21.1 Å². The minimum Gasteiger partial charge on any atom is -0.300 e. The number of benzene rings is 1. The van der Waals surface area contributed by atoms with E-state index < -0.39 is 9.84 Å². The number of carbonyl (C=O) groups is 1. The van der Waals surface area contributed by atoms with Gasteiger partial charge in [0.15, 0.2) is 9.84 Å². The summed E-state index contributed by atoms with van der Waals surface area (Å²) >= 11 is 0. The van der Waals surface area contributed by atoms with Crippen LogP contribution in [0, 0.1) is 0 Å². The molecule has 0 aromatic heterocycles. The molecule has 1 rings (SSSR count). The van der Waals surface area contributed by atoms with Gasteiger partial charge in [0.05, 0.1) is 10.6 Å². The molecule has 0 radical (unpaired) electrons. The van der Waals surface area contributed by atoms with E-state index >= 15 is 0 Å². The van der Waals surface area contributed by atoms with Crippen LogP contribution in [0.2, 0.25) is 0 Å². The highest BCUT2D eigenvalue weighted by Gasteiger charge is 2.11. The van der Waals surface area contributed by atoms with Gasteiger partial charge in [-0.3, -0.25) is 4.79 Å². The van der Waals surface area contributed by atoms with Crippen LogP contribution in [0.4, 0.5) is 0 Å². The molecule has 3 nitrogen and oxygen atoms in total. The minimum absolute atomic E-state index is 0.117. The van der Waals surface area contributed by atoms with E-state index in [-0.39, 0.29) is 5.75 Å². The van der Waals surface area contributed by atoms with Crippen LogP contribution in [0.5, 0.6) is 0 Å². The number of Topliss-reactive ketones (excluding diaryl/α,β-unsaturated/α-hetero) is 1. The zero-order chi connectivity index (χ0) is 14.3. The van der Waals surface area contributed by atoms with Crippen molar-refractivity contribution in [1.82, 2.24) is 0 Å². The predicted octanol–water partition coefficient (Wildman–Crippen LogP) is 3.17. The van der Waals surface area contributed by atoms with E-state index in [1.165, 1.54) is 0 Å². The molecule has 0 spiro atoms. The monoisotopic (exact) mass is 282 g/mol. The van der Waals surface area contributed by atoms with Crippen LogP contribution in [0.1, 0.15) is 45.1 Å². The van der Waals surface area contributed by atoms with Gasteiger partial charge in [0, 0.05) is 12.8 Å². The normalized spacial score (nSPS) is 11.5. The fourth-order valence-electron chi connectivity index (χ4n) is 1.95. The summed E-state index contributed by atoms with van der Waals surface area (Å²) in [6.45, 7) is 3.64. The molecule has 0 unspecified atom stereocenters. The van der Waals surface area contributed by atoms with Crippen LogP contribution in [0.25, 0.3) is 0 Å². The largest absolute Gasteiger partial charge is 0.300 e. The molecule has 0 aliphatic rings. The summed E-state index contributed by atoms with van der Waals surface area (Å²) in [4.78, 5) is 11.8. The van der Waals surface area contributed by atoms with Crippen molar-refractivity contribution in [3.8, 4) is 0 Å². The fourth-order valence-corrected chi connectivity index (χ4v) is 2.90. The van der Waals surface area contributed by atoms with Crippen molar-refractivity contribution >= 4 is 15.6 Å². The van der Waals surface area contributed by atoms with Gasteiger partial charge in [0.25, 0.3) is 0 Å². The maximum atomic E-state index is 11.8. The molecular weight excluding hydrogens is 260 g/mol. The maximum Gasteiger partial charge on any atom is 0.178 e. The average molecular weight is 282 g/mol. The quantitative estimate of drug-likeness (QED) is 0.736. The van der Waals surface area contributed by atoms with E-state index in [1.54, 1.807) is 25.1 Å². The Kier molecular flexibility index (Phi) is 6.22. The van der Waals surface area contributed by atoms with Gasteiger partial charge in [-0.25, -0.2) is 8.42 Å².